The second-order valence-electron chi connectivity index (χ2n) is 7.01. The van der Waals surface area contributed by atoms with Crippen molar-refractivity contribution in [3.05, 3.63) is 98.5 Å². The van der Waals surface area contributed by atoms with Crippen molar-refractivity contribution in [3.8, 4) is 6.07 Å². The Bertz CT molecular complexity index is 1210. The van der Waals surface area contributed by atoms with Crippen LogP contribution in [0.25, 0.3) is 0 Å². The van der Waals surface area contributed by atoms with E-state index in [1.165, 1.54) is 29.2 Å². The van der Waals surface area contributed by atoms with Gasteiger partial charge < -0.3 is 20.1 Å². The maximum absolute atomic E-state index is 12.9. The van der Waals surface area contributed by atoms with Crippen LogP contribution in [-0.2, 0) is 25.6 Å². The minimum atomic E-state index is -1.18. The van der Waals surface area contributed by atoms with Crippen LogP contribution < -0.4 is 5.73 Å². The molecule has 2 N–H and O–H groups in total. The van der Waals surface area contributed by atoms with Crippen molar-refractivity contribution in [2.45, 2.75) is 12.5 Å². The SMILES string of the molecule is COC(=O)C1=C(C(=O)OC)N(Cc2ccccc2)C(N)=C(C#N)C1c1cccc([N+](=O)[O-])c1. The van der Waals surface area contributed by atoms with Gasteiger partial charge in [0.25, 0.3) is 5.69 Å². The second kappa shape index (κ2) is 9.65. The summed E-state index contributed by atoms with van der Waals surface area (Å²) in [5.41, 5.74) is 6.61. The van der Waals surface area contributed by atoms with Gasteiger partial charge in [0.1, 0.15) is 11.5 Å². The van der Waals surface area contributed by atoms with Gasteiger partial charge in [0.2, 0.25) is 0 Å². The van der Waals surface area contributed by atoms with Crippen LogP contribution >= 0.6 is 0 Å². The lowest BCUT2D eigenvalue weighted by Crippen LogP contribution is -2.40. The van der Waals surface area contributed by atoms with Gasteiger partial charge in [-0.15, -0.1) is 0 Å². The van der Waals surface area contributed by atoms with E-state index < -0.39 is 22.8 Å². The number of hydrogen-bond acceptors (Lipinski definition) is 9. The number of carbonyl (C=O) groups excluding carboxylic acids is 2. The molecule has 0 aliphatic carbocycles. The van der Waals surface area contributed by atoms with E-state index in [1.807, 2.05) is 12.1 Å². The predicted octanol–water partition coefficient (Wildman–Crippen LogP) is 2.49. The molecule has 0 fully saturated rings. The van der Waals surface area contributed by atoms with Gasteiger partial charge in [-0.25, -0.2) is 9.59 Å². The maximum Gasteiger partial charge on any atom is 0.355 e. The molecule has 10 nitrogen and oxygen atoms in total. The molecule has 0 saturated heterocycles. The Balaban J connectivity index is 2.32. The largest absolute Gasteiger partial charge is 0.466 e. The lowest BCUT2D eigenvalue weighted by molar-refractivity contribution is -0.384. The number of nitriles is 1. The Morgan fingerprint density at radius 2 is 1.79 bits per heavy atom. The number of benzene rings is 2. The van der Waals surface area contributed by atoms with Crippen LogP contribution in [0.3, 0.4) is 0 Å². The van der Waals surface area contributed by atoms with Crippen molar-refractivity contribution in [2.75, 3.05) is 14.2 Å². The zero-order chi connectivity index (χ0) is 24.1. The Morgan fingerprint density at radius 3 is 2.36 bits per heavy atom. The Kier molecular flexibility index (Phi) is 6.74. The number of allylic oxidation sites excluding steroid dienone is 1. The second-order valence-corrected chi connectivity index (χ2v) is 7.01. The van der Waals surface area contributed by atoms with Crippen molar-refractivity contribution in [1.29, 1.82) is 5.26 Å². The summed E-state index contributed by atoms with van der Waals surface area (Å²) in [7, 11) is 2.27. The normalized spacial score (nSPS) is 15.7. The van der Waals surface area contributed by atoms with Gasteiger partial charge in [0.15, 0.2) is 0 Å². The molecule has 1 unspecified atom stereocenters. The highest BCUT2D eigenvalue weighted by atomic mass is 16.6. The highest BCUT2D eigenvalue weighted by Crippen LogP contribution is 2.42. The van der Waals surface area contributed by atoms with Gasteiger partial charge in [-0.05, 0) is 11.1 Å². The lowest BCUT2D eigenvalue weighted by atomic mass is 9.80. The molecule has 0 radical (unpaired) electrons. The van der Waals surface area contributed by atoms with Gasteiger partial charge in [-0.2, -0.15) is 5.26 Å². The molecule has 0 aromatic heterocycles. The number of nitro benzene ring substituents is 1. The zero-order valence-corrected chi connectivity index (χ0v) is 17.8. The summed E-state index contributed by atoms with van der Waals surface area (Å²) >= 11 is 0. The molecule has 0 spiro atoms. The maximum atomic E-state index is 12.9. The van der Waals surface area contributed by atoms with Crippen LogP contribution in [-0.4, -0.2) is 36.0 Å². The lowest BCUT2D eigenvalue weighted by Gasteiger charge is -2.35. The van der Waals surface area contributed by atoms with Gasteiger partial charge >= 0.3 is 11.9 Å². The minimum absolute atomic E-state index is 0.0560. The number of ether oxygens (including phenoxy) is 2. The van der Waals surface area contributed by atoms with E-state index in [-0.39, 0.29) is 40.5 Å². The third-order valence-corrected chi connectivity index (χ3v) is 5.17. The van der Waals surface area contributed by atoms with Crippen molar-refractivity contribution in [1.82, 2.24) is 4.90 Å². The van der Waals surface area contributed by atoms with Crippen LogP contribution in [0.15, 0.2) is 77.3 Å². The Morgan fingerprint density at radius 1 is 1.12 bits per heavy atom. The van der Waals surface area contributed by atoms with E-state index in [0.29, 0.717) is 0 Å². The van der Waals surface area contributed by atoms with E-state index in [4.69, 9.17) is 15.2 Å². The summed E-state index contributed by atoms with van der Waals surface area (Å²) in [6, 6.07) is 16.4. The summed E-state index contributed by atoms with van der Waals surface area (Å²) < 4.78 is 9.86. The molecule has 3 rings (SSSR count). The third kappa shape index (κ3) is 4.38. The van der Waals surface area contributed by atoms with Crippen LogP contribution in [0.5, 0.6) is 0 Å². The summed E-state index contributed by atoms with van der Waals surface area (Å²) in [5.74, 6) is -3.03. The number of methoxy groups -OCH3 is 2. The Labute approximate surface area is 189 Å². The fourth-order valence-corrected chi connectivity index (χ4v) is 3.68. The third-order valence-electron chi connectivity index (χ3n) is 5.17. The molecule has 1 atom stereocenters. The molecule has 1 aliphatic rings. The van der Waals surface area contributed by atoms with Gasteiger partial charge in [0.05, 0.1) is 42.3 Å². The van der Waals surface area contributed by atoms with E-state index in [2.05, 4.69) is 0 Å². The first-order valence-electron chi connectivity index (χ1n) is 9.70. The molecule has 2 aromatic rings. The molecule has 1 heterocycles. The fraction of sp³-hybridized carbons (Fsp3) is 0.174. The highest BCUT2D eigenvalue weighted by molar-refractivity contribution is 6.02. The smallest absolute Gasteiger partial charge is 0.355 e. The monoisotopic (exact) mass is 448 g/mol. The first-order chi connectivity index (χ1) is 15.8. The van der Waals surface area contributed by atoms with E-state index in [0.717, 1.165) is 19.8 Å². The van der Waals surface area contributed by atoms with Crippen LogP contribution in [0.2, 0.25) is 0 Å². The highest BCUT2D eigenvalue weighted by Gasteiger charge is 2.42. The molecule has 10 heteroatoms. The molecule has 2 aromatic carbocycles. The number of rotatable bonds is 6. The van der Waals surface area contributed by atoms with Gasteiger partial charge in [-0.3, -0.25) is 10.1 Å². The molecule has 0 bridgehead atoms. The summed E-state index contributed by atoms with van der Waals surface area (Å²) in [5, 5.41) is 21.3. The summed E-state index contributed by atoms with van der Waals surface area (Å²) in [6.07, 6.45) is 0. The van der Waals surface area contributed by atoms with Crippen molar-refractivity contribution < 1.29 is 24.0 Å². The molecule has 33 heavy (non-hydrogen) atoms. The molecule has 1 aliphatic heterocycles. The van der Waals surface area contributed by atoms with E-state index in [9.17, 15) is 25.0 Å². The van der Waals surface area contributed by atoms with Crippen molar-refractivity contribution in [3.63, 3.8) is 0 Å². The standard InChI is InChI=1S/C23H20N4O6/c1-32-22(28)19-18(15-9-6-10-16(11-15)27(30)31)17(12-24)21(25)26(20(19)23(29)33-2)13-14-7-4-3-5-8-14/h3-11,18H,13,25H2,1-2H3. The van der Waals surface area contributed by atoms with Crippen molar-refractivity contribution >= 4 is 17.6 Å². The van der Waals surface area contributed by atoms with Gasteiger partial charge in [-0.1, -0.05) is 42.5 Å². The number of carbonyl (C=O) groups is 2. The van der Waals surface area contributed by atoms with E-state index >= 15 is 0 Å². The van der Waals surface area contributed by atoms with Crippen LogP contribution in [0.4, 0.5) is 5.69 Å². The average Bonchev–Trinajstić information content (AvgIpc) is 2.84. The summed E-state index contributed by atoms with van der Waals surface area (Å²) in [6.45, 7) is 0.0600. The van der Waals surface area contributed by atoms with Crippen LogP contribution in [0.1, 0.15) is 17.0 Å². The summed E-state index contributed by atoms with van der Waals surface area (Å²) in [4.78, 5) is 37.9. The van der Waals surface area contributed by atoms with Crippen molar-refractivity contribution in [2.24, 2.45) is 5.73 Å². The molecule has 0 saturated carbocycles. The van der Waals surface area contributed by atoms with Crippen LogP contribution in [0, 0.1) is 21.4 Å². The Hall–Kier alpha value is -4.65. The minimum Gasteiger partial charge on any atom is -0.466 e. The fourth-order valence-electron chi connectivity index (χ4n) is 3.68. The zero-order valence-electron chi connectivity index (χ0n) is 17.8. The quantitative estimate of drug-likeness (QED) is 0.399. The number of non-ortho nitro benzene ring substituents is 1. The topological polar surface area (TPSA) is 149 Å². The number of nitrogens with two attached hydrogens (primary N) is 1. The molecule has 168 valence electrons. The van der Waals surface area contributed by atoms with Gasteiger partial charge in [0, 0.05) is 18.7 Å². The molecular weight excluding hydrogens is 428 g/mol. The number of hydrogen-bond donors (Lipinski definition) is 1. The number of esters is 2. The predicted molar refractivity (Wildman–Crippen MR) is 116 cm³/mol. The molecular formula is C23H20N4O6. The molecule has 0 amide bonds. The average molecular weight is 448 g/mol. The van der Waals surface area contributed by atoms with E-state index in [1.54, 1.807) is 24.3 Å². The number of nitro groups is 1. The first-order valence-corrected chi connectivity index (χ1v) is 9.70. The first kappa shape index (κ1) is 23.0. The number of nitrogens with zero attached hydrogens (tertiary/aromatic N) is 3.